The van der Waals surface area contributed by atoms with Gasteiger partial charge in [-0.15, -0.1) is 0 Å². The smallest absolute Gasteiger partial charge is 0.416 e. The van der Waals surface area contributed by atoms with Gasteiger partial charge in [-0.25, -0.2) is 0 Å². The van der Waals surface area contributed by atoms with Crippen LogP contribution >= 0.6 is 0 Å². The summed E-state index contributed by atoms with van der Waals surface area (Å²) in [6.07, 6.45) is -12.7. The van der Waals surface area contributed by atoms with Crippen LogP contribution in [0.5, 0.6) is 0 Å². The van der Waals surface area contributed by atoms with Crippen molar-refractivity contribution in [3.05, 3.63) is 176 Å². The van der Waals surface area contributed by atoms with Crippen LogP contribution in [-0.2, 0) is 71.1 Å². The second-order valence-electron chi connectivity index (χ2n) is 26.5. The van der Waals surface area contributed by atoms with Crippen LogP contribution < -0.4 is 30.7 Å². The van der Waals surface area contributed by atoms with Crippen molar-refractivity contribution in [2.45, 2.75) is 120 Å². The predicted octanol–water partition coefficient (Wildman–Crippen LogP) is 13.6. The average molecular weight is 1430 g/mol. The molecule has 4 saturated heterocycles. The number of aryl methyl sites for hydroxylation is 9. The van der Waals surface area contributed by atoms with Gasteiger partial charge in [0, 0.05) is 79.6 Å². The monoisotopic (exact) mass is 1430 g/mol. The van der Waals surface area contributed by atoms with Gasteiger partial charge in [-0.1, -0.05) is 79.7 Å². The molecule has 5 unspecified atom stereocenters. The van der Waals surface area contributed by atoms with Crippen molar-refractivity contribution in [1.29, 1.82) is 0 Å². The number of hydrogen-bond acceptors (Lipinski definition) is 13. The van der Waals surface area contributed by atoms with E-state index in [0.29, 0.717) is 43.6 Å². The first kappa shape index (κ1) is 79.5. The number of alkyl halides is 9. The van der Waals surface area contributed by atoms with E-state index in [2.05, 4.69) is 5.32 Å². The van der Waals surface area contributed by atoms with Crippen molar-refractivity contribution in [3.63, 3.8) is 0 Å². The summed E-state index contributed by atoms with van der Waals surface area (Å²) in [5.41, 5.74) is 10.0. The maximum absolute atomic E-state index is 13.1. The lowest BCUT2D eigenvalue weighted by Crippen LogP contribution is -2.39. The van der Waals surface area contributed by atoms with E-state index in [9.17, 15) is 83.0 Å². The first-order valence-electron chi connectivity index (χ1n) is 32.5. The van der Waals surface area contributed by atoms with Crippen LogP contribution in [0.3, 0.4) is 0 Å². The SMILES string of the molecule is CCC1(C(=O)OC)CC(=O)N(c2c(C)cccc2C)C1.COC(=O)C1(CO)CC(=O)N(c2c(C)cccc2C)C1.COC(=O)C1CC(=O)N(c2c(C)cccc2C)C1.Cc1cc(NC(=O)C23CC2C(=O)N(c2c(C)cccc2C)C3)cc(C(F)(F)F)c1.Nc1cc(C(F)(F)F)cc(C(F)(F)F)c1. The Hall–Kier alpha value is -9.79. The summed E-state index contributed by atoms with van der Waals surface area (Å²) in [6, 6.07) is 27.8. The maximum Gasteiger partial charge on any atom is 0.416 e. The van der Waals surface area contributed by atoms with E-state index in [1.807, 2.05) is 135 Å². The third kappa shape index (κ3) is 17.2. The molecule has 4 heterocycles. The van der Waals surface area contributed by atoms with Crippen LogP contribution in [0.2, 0.25) is 0 Å². The molecule has 4 aliphatic heterocycles. The molecule has 6 aromatic carbocycles. The van der Waals surface area contributed by atoms with Crippen LogP contribution in [0.1, 0.15) is 106 Å². The molecular formula is C75H83F9N6O12. The van der Waals surface area contributed by atoms with Crippen molar-refractivity contribution in [2.24, 2.45) is 28.1 Å². The van der Waals surface area contributed by atoms with Gasteiger partial charge in [-0.3, -0.25) is 38.4 Å². The molecule has 11 rings (SSSR count). The van der Waals surface area contributed by atoms with Crippen molar-refractivity contribution in [3.8, 4) is 0 Å². The Bertz CT molecular complexity index is 4000. The lowest BCUT2D eigenvalue weighted by Gasteiger charge is -2.26. The number of nitrogen functional groups attached to an aromatic ring is 1. The summed E-state index contributed by atoms with van der Waals surface area (Å²) in [4.78, 5) is 105. The number of hydrogen-bond donors (Lipinski definition) is 3. The van der Waals surface area contributed by atoms with Crippen LogP contribution in [-0.4, -0.2) is 107 Å². The van der Waals surface area contributed by atoms with Crippen LogP contribution in [0, 0.1) is 90.4 Å². The van der Waals surface area contributed by atoms with Gasteiger partial charge >= 0.3 is 36.4 Å². The number of aliphatic hydroxyl groups is 1. The molecule has 0 aromatic heterocycles. The number of carbonyl (C=O) groups excluding carboxylic acids is 8. The van der Waals surface area contributed by atoms with Crippen molar-refractivity contribution < 1.29 is 97.2 Å². The number of rotatable bonds is 11. The van der Waals surface area contributed by atoms with Crippen LogP contribution in [0.15, 0.2) is 109 Å². The summed E-state index contributed by atoms with van der Waals surface area (Å²) >= 11 is 0. The molecule has 27 heteroatoms. The normalized spacial score (nSPS) is 20.6. The largest absolute Gasteiger partial charge is 0.469 e. The number of halogens is 9. The molecule has 6 aromatic rings. The first-order chi connectivity index (χ1) is 47.6. The number of carbonyl (C=O) groups is 8. The van der Waals surface area contributed by atoms with E-state index >= 15 is 0 Å². The lowest BCUT2D eigenvalue weighted by atomic mass is 9.84. The third-order valence-corrected chi connectivity index (χ3v) is 19.0. The average Bonchev–Trinajstić information content (AvgIpc) is 1.53. The second kappa shape index (κ2) is 31.2. The second-order valence-corrected chi connectivity index (χ2v) is 26.5. The minimum atomic E-state index is -4.84. The molecule has 0 radical (unpaired) electrons. The van der Waals surface area contributed by atoms with Crippen molar-refractivity contribution in [1.82, 2.24) is 0 Å². The number of nitrogens with zero attached hydrogens (tertiary/aromatic N) is 4. The van der Waals surface area contributed by atoms with Gasteiger partial charge in [-0.2, -0.15) is 39.5 Å². The highest BCUT2D eigenvalue weighted by Crippen LogP contribution is 2.60. The first-order valence-corrected chi connectivity index (χ1v) is 32.5. The van der Waals surface area contributed by atoms with E-state index in [1.165, 1.54) is 27.4 Å². The summed E-state index contributed by atoms with van der Waals surface area (Å²) in [5, 5.41) is 12.2. The number of ether oxygens (including phenoxy) is 3. The number of amides is 5. The summed E-state index contributed by atoms with van der Waals surface area (Å²) in [5.74, 6) is -2.59. The quantitative estimate of drug-likeness (QED) is 0.0474. The van der Waals surface area contributed by atoms with Crippen LogP contribution in [0.4, 0.5) is 73.6 Å². The number of para-hydroxylation sites is 4. The number of aliphatic hydroxyl groups excluding tert-OH is 1. The number of nitrogens with one attached hydrogen (secondary N) is 1. The number of piperidine rings is 1. The van der Waals surface area contributed by atoms with E-state index in [-0.39, 0.29) is 85.6 Å². The Morgan fingerprint density at radius 3 is 1.29 bits per heavy atom. The fourth-order valence-corrected chi connectivity index (χ4v) is 13.6. The fraction of sp³-hybridized carbons (Fsp3) is 0.413. The number of anilines is 6. The van der Waals surface area contributed by atoms with E-state index in [4.69, 9.17) is 19.9 Å². The third-order valence-electron chi connectivity index (χ3n) is 19.0. The zero-order valence-electron chi connectivity index (χ0n) is 58.8. The standard InChI is InChI=1S/C22H21F3N2O2.C16H21NO3.C15H19NO4.C14H17NO3.C8H5F6N/c1-12-7-15(22(23,24)25)9-16(8-12)26-20(29)21-10-17(21)19(28)27(11-21)18-13(2)5-4-6-14(18)3;1-5-16(15(19)20-4)9-13(18)17(10-16)14-11(2)7-6-8-12(14)3;1-10-5-4-6-11(2)13(10)16-8-15(9-17,7-12(16)18)14(19)20-3;1-9-5-4-6-10(2)13(9)15-8-11(7-12(15)16)14(17)18-3;9-7(10,11)4-1-5(8(12,13)14)3-6(15)2-4/h4-9,17H,10-11H2,1-3H3,(H,26,29);6-8H,5,9-10H2,1-4H3;4-6,17H,7-9H2,1-3H3;4-6,11H,7-8H2,1-3H3;1-3H,15H2. The minimum Gasteiger partial charge on any atom is -0.469 e. The van der Waals surface area contributed by atoms with E-state index in [0.717, 1.165) is 79.4 Å². The Kier molecular flexibility index (Phi) is 24.3. The van der Waals surface area contributed by atoms with Gasteiger partial charge in [0.1, 0.15) is 5.41 Å². The summed E-state index contributed by atoms with van der Waals surface area (Å²) in [6.45, 7) is 19.9. The van der Waals surface area contributed by atoms with Crippen molar-refractivity contribution >= 4 is 81.6 Å². The zero-order valence-corrected chi connectivity index (χ0v) is 58.8. The van der Waals surface area contributed by atoms with E-state index in [1.54, 1.807) is 26.5 Å². The number of fused-ring (bicyclic) bond motifs is 1. The topological polar surface area (TPSA) is 235 Å². The molecule has 5 atom stereocenters. The van der Waals surface area contributed by atoms with Gasteiger partial charge in [0.2, 0.25) is 29.5 Å². The molecule has 1 saturated carbocycles. The van der Waals surface area contributed by atoms with Gasteiger partial charge in [0.25, 0.3) is 0 Å². The highest BCUT2D eigenvalue weighted by Gasteiger charge is 2.70. The number of nitrogens with two attached hydrogens (primary N) is 1. The molecule has 4 N–H and O–H groups in total. The van der Waals surface area contributed by atoms with Gasteiger partial charge in [0.05, 0.1) is 67.3 Å². The Morgan fingerprint density at radius 1 is 0.520 bits per heavy atom. The molecule has 102 heavy (non-hydrogen) atoms. The molecule has 0 bridgehead atoms. The molecule has 0 spiro atoms. The molecular weight excluding hydrogens is 1350 g/mol. The van der Waals surface area contributed by atoms with Crippen molar-refractivity contribution in [2.75, 3.05) is 84.8 Å². The molecule has 5 amide bonds. The number of esters is 3. The molecule has 18 nitrogen and oxygen atoms in total. The molecule has 548 valence electrons. The summed E-state index contributed by atoms with van der Waals surface area (Å²) in [7, 11) is 4.01. The molecule has 1 aliphatic carbocycles. The van der Waals surface area contributed by atoms with Gasteiger partial charge in [0.15, 0.2) is 0 Å². The van der Waals surface area contributed by atoms with Crippen LogP contribution in [0.25, 0.3) is 0 Å². The molecule has 5 fully saturated rings. The van der Waals surface area contributed by atoms with Gasteiger partial charge < -0.3 is 50.0 Å². The summed E-state index contributed by atoms with van der Waals surface area (Å²) < 4.78 is 126. The fourth-order valence-electron chi connectivity index (χ4n) is 13.6. The Balaban J connectivity index is 0.000000182. The molecule has 5 aliphatic rings. The number of methoxy groups -OCH3 is 3. The highest BCUT2D eigenvalue weighted by atomic mass is 19.4. The zero-order chi connectivity index (χ0) is 76.1. The Morgan fingerprint density at radius 2 is 0.902 bits per heavy atom. The minimum absolute atomic E-state index is 0.00495. The lowest BCUT2D eigenvalue weighted by molar-refractivity contribution is -0.154. The maximum atomic E-state index is 13.1. The predicted molar refractivity (Wildman–Crippen MR) is 365 cm³/mol. The van der Waals surface area contributed by atoms with Gasteiger partial charge in [-0.05, 0) is 162 Å². The Labute approximate surface area is 585 Å². The number of benzene rings is 6. The van der Waals surface area contributed by atoms with E-state index < -0.39 is 81.6 Å². The highest BCUT2D eigenvalue weighted by molar-refractivity contribution is 6.12.